The van der Waals surface area contributed by atoms with Gasteiger partial charge in [0.15, 0.2) is 6.61 Å². The Labute approximate surface area is 202 Å². The average Bonchev–Trinajstić information content (AvgIpc) is 2.76. The van der Waals surface area contributed by atoms with Crippen molar-refractivity contribution in [3.8, 4) is 5.75 Å². The van der Waals surface area contributed by atoms with Crippen molar-refractivity contribution in [1.29, 1.82) is 0 Å². The van der Waals surface area contributed by atoms with Crippen molar-refractivity contribution >= 4 is 17.6 Å². The molecule has 0 saturated carbocycles. The van der Waals surface area contributed by atoms with Crippen LogP contribution in [0.4, 0.5) is 0 Å². The largest absolute Gasteiger partial charge is 0.480 e. The highest BCUT2D eigenvalue weighted by atomic mass is 35.5. The quantitative estimate of drug-likeness (QED) is 0.431. The van der Waals surface area contributed by atoms with Crippen LogP contribution in [0.3, 0.4) is 0 Å². The van der Waals surface area contributed by atoms with Gasteiger partial charge in [0.05, 0.1) is 17.2 Å². The molecule has 1 aliphatic rings. The van der Waals surface area contributed by atoms with E-state index < -0.39 is 12.6 Å². The van der Waals surface area contributed by atoms with Gasteiger partial charge < -0.3 is 14.6 Å². The zero-order valence-electron chi connectivity index (χ0n) is 20.2. The molecule has 1 fully saturated rings. The summed E-state index contributed by atoms with van der Waals surface area (Å²) in [7, 11) is 0. The van der Waals surface area contributed by atoms with Crippen LogP contribution in [0.25, 0.3) is 0 Å². The van der Waals surface area contributed by atoms with E-state index in [1.54, 1.807) is 0 Å². The molecule has 33 heavy (non-hydrogen) atoms. The average molecular weight is 471 g/mol. The van der Waals surface area contributed by atoms with Gasteiger partial charge in [-0.05, 0) is 48.4 Å². The van der Waals surface area contributed by atoms with Gasteiger partial charge in [0.1, 0.15) is 5.75 Å². The maximum absolute atomic E-state index is 11.3. The molecule has 0 amide bonds. The second kappa shape index (κ2) is 10.3. The van der Waals surface area contributed by atoms with Crippen molar-refractivity contribution < 1.29 is 19.4 Å². The summed E-state index contributed by atoms with van der Waals surface area (Å²) in [5, 5.41) is 9.62. The number of ether oxygens (including phenoxy) is 2. The van der Waals surface area contributed by atoms with Crippen LogP contribution in [0, 0.1) is 5.92 Å². The maximum atomic E-state index is 11.3. The summed E-state index contributed by atoms with van der Waals surface area (Å²) in [5.74, 6) is -0.375. The molecule has 4 atom stereocenters. The predicted octanol–water partition coefficient (Wildman–Crippen LogP) is 7.32. The number of rotatable bonds is 7. The van der Waals surface area contributed by atoms with Crippen molar-refractivity contribution in [2.45, 2.75) is 71.0 Å². The molecule has 1 saturated heterocycles. The molecule has 0 bridgehead atoms. The van der Waals surface area contributed by atoms with E-state index in [2.05, 4.69) is 64.6 Å². The minimum atomic E-state index is -1.05. The van der Waals surface area contributed by atoms with E-state index in [1.165, 1.54) is 5.56 Å². The number of aliphatic carboxylic acids is 1. The summed E-state index contributed by atoms with van der Waals surface area (Å²) in [6.45, 7) is 14.4. The van der Waals surface area contributed by atoms with Gasteiger partial charge in [0.2, 0.25) is 0 Å². The standard InChI is InChI=1S/C28H35ClO4/c1-7-24-21(18-11-9-8-10-12-18)15-20(17(2)3)26(33-24)22-13-19(28(4,5)6)14-23(29)27(22)32-16-25(30)31/h8-14,20-21,24,26H,2,7,15-16H2,1,3-6H3,(H,30,31)/t20-,21-,24+,26+/m1/s1. The van der Waals surface area contributed by atoms with Crippen LogP contribution in [0.5, 0.6) is 5.75 Å². The first kappa shape index (κ1) is 25.3. The van der Waals surface area contributed by atoms with Crippen molar-refractivity contribution in [1.82, 2.24) is 0 Å². The van der Waals surface area contributed by atoms with Crippen LogP contribution < -0.4 is 4.74 Å². The predicted molar refractivity (Wildman–Crippen MR) is 133 cm³/mol. The number of carbonyl (C=O) groups is 1. The molecule has 4 nitrogen and oxygen atoms in total. The lowest BCUT2D eigenvalue weighted by molar-refractivity contribution is -0.139. The highest BCUT2D eigenvalue weighted by molar-refractivity contribution is 6.32. The number of halogens is 1. The summed E-state index contributed by atoms with van der Waals surface area (Å²) in [6, 6.07) is 14.4. The molecule has 5 heteroatoms. The van der Waals surface area contributed by atoms with Crippen LogP contribution in [-0.4, -0.2) is 23.8 Å². The van der Waals surface area contributed by atoms with Gasteiger partial charge in [-0.2, -0.15) is 0 Å². The van der Waals surface area contributed by atoms with Crippen molar-refractivity contribution in [3.05, 3.63) is 76.3 Å². The lowest BCUT2D eigenvalue weighted by Crippen LogP contribution is -2.36. The van der Waals surface area contributed by atoms with Crippen LogP contribution in [-0.2, 0) is 14.9 Å². The number of carboxylic acid groups (broad SMARTS) is 1. The van der Waals surface area contributed by atoms with E-state index in [0.29, 0.717) is 10.8 Å². The Morgan fingerprint density at radius 3 is 2.45 bits per heavy atom. The Morgan fingerprint density at radius 1 is 1.24 bits per heavy atom. The monoisotopic (exact) mass is 470 g/mol. The Morgan fingerprint density at radius 2 is 1.91 bits per heavy atom. The molecule has 1 heterocycles. The van der Waals surface area contributed by atoms with E-state index in [0.717, 1.165) is 29.5 Å². The molecular weight excluding hydrogens is 436 g/mol. The molecule has 2 aromatic carbocycles. The van der Waals surface area contributed by atoms with Gasteiger partial charge in [0, 0.05) is 17.4 Å². The second-order valence-corrected chi connectivity index (χ2v) is 10.4. The molecule has 178 valence electrons. The molecule has 0 unspecified atom stereocenters. The first-order valence-electron chi connectivity index (χ1n) is 11.6. The second-order valence-electron chi connectivity index (χ2n) is 10.0. The van der Waals surface area contributed by atoms with E-state index in [9.17, 15) is 9.90 Å². The highest BCUT2D eigenvalue weighted by Gasteiger charge is 2.41. The van der Waals surface area contributed by atoms with Crippen LogP contribution >= 0.6 is 11.6 Å². The Kier molecular flexibility index (Phi) is 7.92. The zero-order chi connectivity index (χ0) is 24.3. The lowest BCUT2D eigenvalue weighted by Gasteiger charge is -2.43. The summed E-state index contributed by atoms with van der Waals surface area (Å²) in [6.07, 6.45) is 1.43. The first-order chi connectivity index (χ1) is 15.5. The van der Waals surface area contributed by atoms with Crippen molar-refractivity contribution in [2.24, 2.45) is 5.92 Å². The Balaban J connectivity index is 2.11. The number of benzene rings is 2. The normalized spacial score (nSPS) is 23.2. The number of hydrogen-bond donors (Lipinski definition) is 1. The van der Waals surface area contributed by atoms with E-state index in [1.807, 2.05) is 19.1 Å². The van der Waals surface area contributed by atoms with Crippen LogP contribution in [0.1, 0.15) is 76.2 Å². The molecular formula is C28H35ClO4. The van der Waals surface area contributed by atoms with Crippen LogP contribution in [0.2, 0.25) is 5.02 Å². The third kappa shape index (κ3) is 5.80. The lowest BCUT2D eigenvalue weighted by atomic mass is 9.74. The molecule has 1 N–H and O–H groups in total. The molecule has 0 aliphatic carbocycles. The van der Waals surface area contributed by atoms with Crippen molar-refractivity contribution in [2.75, 3.05) is 6.61 Å². The van der Waals surface area contributed by atoms with Gasteiger partial charge in [-0.1, -0.05) is 81.8 Å². The van der Waals surface area contributed by atoms with Gasteiger partial charge in [-0.25, -0.2) is 4.79 Å². The van der Waals surface area contributed by atoms with E-state index in [4.69, 9.17) is 21.1 Å². The fraction of sp³-hybridized carbons (Fsp3) is 0.464. The molecule has 0 aromatic heterocycles. The molecule has 3 rings (SSSR count). The summed E-state index contributed by atoms with van der Waals surface area (Å²) < 4.78 is 12.5. The van der Waals surface area contributed by atoms with E-state index in [-0.39, 0.29) is 29.5 Å². The first-order valence-corrected chi connectivity index (χ1v) is 11.9. The fourth-order valence-corrected chi connectivity index (χ4v) is 4.93. The van der Waals surface area contributed by atoms with Crippen molar-refractivity contribution in [3.63, 3.8) is 0 Å². The smallest absolute Gasteiger partial charge is 0.341 e. The molecule has 2 aromatic rings. The topological polar surface area (TPSA) is 55.8 Å². The number of hydrogen-bond acceptors (Lipinski definition) is 3. The highest BCUT2D eigenvalue weighted by Crippen LogP contribution is 2.50. The zero-order valence-corrected chi connectivity index (χ0v) is 21.0. The SMILES string of the molecule is C=C(C)[C@H]1C[C@H](c2ccccc2)[C@H](CC)O[C@@H]1c1cc(C(C)(C)C)cc(Cl)c1OCC(=O)O. The summed E-state index contributed by atoms with van der Waals surface area (Å²) >= 11 is 6.67. The minimum absolute atomic E-state index is 0.0115. The van der Waals surface area contributed by atoms with E-state index >= 15 is 0 Å². The fourth-order valence-electron chi connectivity index (χ4n) is 4.65. The van der Waals surface area contributed by atoms with Gasteiger partial charge in [-0.3, -0.25) is 0 Å². The minimum Gasteiger partial charge on any atom is -0.480 e. The third-order valence-corrected chi connectivity index (χ3v) is 6.77. The van der Waals surface area contributed by atoms with Gasteiger partial charge in [0.25, 0.3) is 0 Å². The Bertz CT molecular complexity index is 993. The molecule has 1 aliphatic heterocycles. The number of carboxylic acids is 1. The molecule has 0 radical (unpaired) electrons. The summed E-state index contributed by atoms with van der Waals surface area (Å²) in [4.78, 5) is 11.3. The molecule has 0 spiro atoms. The maximum Gasteiger partial charge on any atom is 0.341 e. The van der Waals surface area contributed by atoms with Crippen LogP contribution in [0.15, 0.2) is 54.6 Å². The third-order valence-electron chi connectivity index (χ3n) is 6.49. The van der Waals surface area contributed by atoms with Gasteiger partial charge in [-0.15, -0.1) is 0 Å². The van der Waals surface area contributed by atoms with Gasteiger partial charge >= 0.3 is 5.97 Å². The summed E-state index contributed by atoms with van der Waals surface area (Å²) in [5.41, 5.74) is 3.99. The Hall–Kier alpha value is -2.30.